The summed E-state index contributed by atoms with van der Waals surface area (Å²) in [6.07, 6.45) is 7.59. The lowest BCUT2D eigenvalue weighted by atomic mass is 9.86. The summed E-state index contributed by atoms with van der Waals surface area (Å²) in [5.41, 5.74) is 0. The van der Waals surface area contributed by atoms with Gasteiger partial charge >= 0.3 is 5.97 Å². The Morgan fingerprint density at radius 3 is 2.36 bits per heavy atom. The van der Waals surface area contributed by atoms with E-state index in [0.29, 0.717) is 6.42 Å². The van der Waals surface area contributed by atoms with Crippen molar-refractivity contribution in [3.05, 3.63) is 0 Å². The van der Waals surface area contributed by atoms with E-state index < -0.39 is 0 Å². The highest BCUT2D eigenvalue weighted by Crippen LogP contribution is 2.28. The largest absolute Gasteiger partial charge is 0.462 e. The Morgan fingerprint density at radius 2 is 1.86 bits per heavy atom. The van der Waals surface area contributed by atoms with Crippen molar-refractivity contribution < 1.29 is 9.53 Å². The molecule has 1 rings (SSSR count). The van der Waals surface area contributed by atoms with Crippen LogP contribution in [-0.2, 0) is 9.53 Å². The van der Waals surface area contributed by atoms with Crippen molar-refractivity contribution >= 4 is 5.97 Å². The second-order valence-corrected chi connectivity index (χ2v) is 4.29. The van der Waals surface area contributed by atoms with Crippen LogP contribution in [0, 0.1) is 5.92 Å². The molecule has 0 radical (unpaired) electrons. The third kappa shape index (κ3) is 3.69. The van der Waals surface area contributed by atoms with Gasteiger partial charge in [0.1, 0.15) is 6.10 Å². The van der Waals surface area contributed by atoms with E-state index in [1.807, 2.05) is 6.92 Å². The molecule has 82 valence electrons. The third-order valence-electron chi connectivity index (χ3n) is 3.12. The van der Waals surface area contributed by atoms with Crippen molar-refractivity contribution in [1.82, 2.24) is 0 Å². The van der Waals surface area contributed by atoms with Gasteiger partial charge in [0.2, 0.25) is 0 Å². The van der Waals surface area contributed by atoms with Gasteiger partial charge in [-0.3, -0.25) is 4.79 Å². The SMILES string of the molecule is CCCC(=O)OC1CCC(CC)CC1. The number of esters is 1. The van der Waals surface area contributed by atoms with Crippen molar-refractivity contribution in [1.29, 1.82) is 0 Å². The van der Waals surface area contributed by atoms with Crippen LogP contribution in [-0.4, -0.2) is 12.1 Å². The third-order valence-corrected chi connectivity index (χ3v) is 3.12. The zero-order chi connectivity index (χ0) is 10.4. The fourth-order valence-corrected chi connectivity index (χ4v) is 2.11. The maximum Gasteiger partial charge on any atom is 0.306 e. The van der Waals surface area contributed by atoms with Gasteiger partial charge in [0.15, 0.2) is 0 Å². The molecule has 0 bridgehead atoms. The topological polar surface area (TPSA) is 26.3 Å². The first-order chi connectivity index (χ1) is 6.76. The zero-order valence-electron chi connectivity index (χ0n) is 9.42. The van der Waals surface area contributed by atoms with Crippen LogP contribution in [0.5, 0.6) is 0 Å². The van der Waals surface area contributed by atoms with E-state index in [2.05, 4.69) is 6.92 Å². The molecule has 1 saturated carbocycles. The molecule has 0 aromatic heterocycles. The Hall–Kier alpha value is -0.530. The Morgan fingerprint density at radius 1 is 1.21 bits per heavy atom. The molecule has 0 N–H and O–H groups in total. The van der Waals surface area contributed by atoms with Crippen molar-refractivity contribution in [2.24, 2.45) is 5.92 Å². The molecule has 0 aliphatic heterocycles. The van der Waals surface area contributed by atoms with Gasteiger partial charge in [0, 0.05) is 6.42 Å². The van der Waals surface area contributed by atoms with Crippen LogP contribution < -0.4 is 0 Å². The van der Waals surface area contributed by atoms with Gasteiger partial charge in [-0.05, 0) is 38.0 Å². The molecular formula is C12H22O2. The van der Waals surface area contributed by atoms with E-state index in [1.54, 1.807) is 0 Å². The normalized spacial score (nSPS) is 27.3. The first-order valence-corrected chi connectivity index (χ1v) is 5.95. The Bertz CT molecular complexity index is 169. The second-order valence-electron chi connectivity index (χ2n) is 4.29. The van der Waals surface area contributed by atoms with Gasteiger partial charge in [-0.15, -0.1) is 0 Å². The quantitative estimate of drug-likeness (QED) is 0.648. The molecule has 0 amide bonds. The van der Waals surface area contributed by atoms with E-state index in [1.165, 1.54) is 19.3 Å². The molecule has 0 heterocycles. The van der Waals surface area contributed by atoms with Crippen LogP contribution in [0.2, 0.25) is 0 Å². The summed E-state index contributed by atoms with van der Waals surface area (Å²) in [6, 6.07) is 0. The fraction of sp³-hybridized carbons (Fsp3) is 0.917. The van der Waals surface area contributed by atoms with E-state index >= 15 is 0 Å². The summed E-state index contributed by atoms with van der Waals surface area (Å²) >= 11 is 0. The van der Waals surface area contributed by atoms with Crippen molar-refractivity contribution in [3.63, 3.8) is 0 Å². The number of hydrogen-bond donors (Lipinski definition) is 0. The summed E-state index contributed by atoms with van der Waals surface area (Å²) in [5, 5.41) is 0. The Balaban J connectivity index is 2.18. The maximum absolute atomic E-state index is 11.2. The number of carbonyl (C=O) groups excluding carboxylic acids is 1. The molecule has 14 heavy (non-hydrogen) atoms. The van der Waals surface area contributed by atoms with Gasteiger partial charge in [-0.25, -0.2) is 0 Å². The summed E-state index contributed by atoms with van der Waals surface area (Å²) < 4.78 is 5.39. The lowest BCUT2D eigenvalue weighted by Gasteiger charge is -2.27. The number of hydrogen-bond acceptors (Lipinski definition) is 2. The predicted molar refractivity (Wildman–Crippen MR) is 57.0 cm³/mol. The summed E-state index contributed by atoms with van der Waals surface area (Å²) in [6.45, 7) is 4.25. The van der Waals surface area contributed by atoms with E-state index in [9.17, 15) is 4.79 Å². The highest BCUT2D eigenvalue weighted by molar-refractivity contribution is 5.69. The average molecular weight is 198 g/mol. The monoisotopic (exact) mass is 198 g/mol. The smallest absolute Gasteiger partial charge is 0.306 e. The lowest BCUT2D eigenvalue weighted by Crippen LogP contribution is -2.24. The molecule has 1 aliphatic carbocycles. The first kappa shape index (κ1) is 11.5. The minimum atomic E-state index is -0.00699. The zero-order valence-corrected chi connectivity index (χ0v) is 9.42. The van der Waals surface area contributed by atoms with Gasteiger partial charge in [-0.2, -0.15) is 0 Å². The molecule has 2 nitrogen and oxygen atoms in total. The summed E-state index contributed by atoms with van der Waals surface area (Å²) in [5.74, 6) is 0.864. The van der Waals surface area contributed by atoms with Crippen LogP contribution in [0.4, 0.5) is 0 Å². The van der Waals surface area contributed by atoms with E-state index in [0.717, 1.165) is 25.2 Å². The maximum atomic E-state index is 11.2. The molecule has 1 aliphatic rings. The molecular weight excluding hydrogens is 176 g/mol. The second kappa shape index (κ2) is 6.05. The predicted octanol–water partition coefficient (Wildman–Crippen LogP) is 3.30. The van der Waals surface area contributed by atoms with Crippen LogP contribution in [0.3, 0.4) is 0 Å². The minimum absolute atomic E-state index is 0.00699. The minimum Gasteiger partial charge on any atom is -0.462 e. The molecule has 0 unspecified atom stereocenters. The van der Waals surface area contributed by atoms with E-state index in [-0.39, 0.29) is 12.1 Å². The molecule has 0 atom stereocenters. The molecule has 0 aromatic rings. The molecule has 0 saturated heterocycles. The average Bonchev–Trinajstić information content (AvgIpc) is 2.19. The molecule has 2 heteroatoms. The van der Waals surface area contributed by atoms with Crippen LogP contribution >= 0.6 is 0 Å². The Kier molecular flexibility index (Phi) is 4.99. The van der Waals surface area contributed by atoms with Crippen molar-refractivity contribution in [3.8, 4) is 0 Å². The standard InChI is InChI=1S/C12H22O2/c1-3-5-12(13)14-11-8-6-10(4-2)7-9-11/h10-11H,3-9H2,1-2H3. The van der Waals surface area contributed by atoms with Crippen molar-refractivity contribution in [2.45, 2.75) is 64.9 Å². The molecule has 0 aromatic carbocycles. The lowest BCUT2D eigenvalue weighted by molar-refractivity contribution is -0.151. The molecule has 0 spiro atoms. The summed E-state index contributed by atoms with van der Waals surface area (Å²) in [7, 11) is 0. The highest BCUT2D eigenvalue weighted by atomic mass is 16.5. The van der Waals surface area contributed by atoms with Crippen LogP contribution in [0.1, 0.15) is 58.8 Å². The molecule has 1 fully saturated rings. The number of carbonyl (C=O) groups is 1. The number of rotatable bonds is 4. The first-order valence-electron chi connectivity index (χ1n) is 5.95. The number of ether oxygens (including phenoxy) is 1. The highest BCUT2D eigenvalue weighted by Gasteiger charge is 2.22. The van der Waals surface area contributed by atoms with Gasteiger partial charge in [-0.1, -0.05) is 20.3 Å². The van der Waals surface area contributed by atoms with Gasteiger partial charge < -0.3 is 4.74 Å². The van der Waals surface area contributed by atoms with Gasteiger partial charge in [0.05, 0.1) is 0 Å². The van der Waals surface area contributed by atoms with Crippen LogP contribution in [0.15, 0.2) is 0 Å². The fourth-order valence-electron chi connectivity index (χ4n) is 2.11. The van der Waals surface area contributed by atoms with Crippen molar-refractivity contribution in [2.75, 3.05) is 0 Å². The van der Waals surface area contributed by atoms with Crippen LogP contribution in [0.25, 0.3) is 0 Å². The van der Waals surface area contributed by atoms with E-state index in [4.69, 9.17) is 4.74 Å². The Labute approximate surface area is 87.0 Å². The van der Waals surface area contributed by atoms with Gasteiger partial charge in [0.25, 0.3) is 0 Å². The summed E-state index contributed by atoms with van der Waals surface area (Å²) in [4.78, 5) is 11.2.